The fraction of sp³-hybridized carbons (Fsp3) is 0.125. The highest BCUT2D eigenvalue weighted by atomic mass is 79.9. The van der Waals surface area contributed by atoms with Crippen molar-refractivity contribution < 1.29 is 9.90 Å². The Morgan fingerprint density at radius 2 is 2.31 bits per heavy atom. The maximum absolute atomic E-state index is 10.8. The molecule has 1 rings (SSSR count). The number of nitrogens with zero attached hydrogens (tertiary/aromatic N) is 1. The van der Waals surface area contributed by atoms with Crippen molar-refractivity contribution in [1.82, 2.24) is 4.57 Å². The summed E-state index contributed by atoms with van der Waals surface area (Å²) in [5, 5.41) is 8.83. The van der Waals surface area contributed by atoms with Gasteiger partial charge in [-0.15, -0.1) is 6.58 Å². The van der Waals surface area contributed by atoms with E-state index in [1.165, 1.54) is 0 Å². The summed E-state index contributed by atoms with van der Waals surface area (Å²) in [4.78, 5) is 10.8. The standard InChI is InChI=1S/C8H7Br2NO2/c1-2-3-11-6(8(12)13)4-5(9)7(11)10/h2,4H,1,3H2,(H,12,13). The highest BCUT2D eigenvalue weighted by Gasteiger charge is 2.15. The van der Waals surface area contributed by atoms with Gasteiger partial charge in [0.1, 0.15) is 5.69 Å². The third-order valence-electron chi connectivity index (χ3n) is 1.52. The number of hydrogen-bond acceptors (Lipinski definition) is 1. The summed E-state index contributed by atoms with van der Waals surface area (Å²) in [5.74, 6) is -0.951. The largest absolute Gasteiger partial charge is 0.477 e. The van der Waals surface area contributed by atoms with Gasteiger partial charge in [0.25, 0.3) is 0 Å². The lowest BCUT2D eigenvalue weighted by Gasteiger charge is -2.03. The number of aromatic carboxylic acids is 1. The zero-order valence-electron chi connectivity index (χ0n) is 6.63. The number of allylic oxidation sites excluding steroid dienone is 1. The Hall–Kier alpha value is -0.550. The average Bonchev–Trinajstić information content (AvgIpc) is 2.33. The van der Waals surface area contributed by atoms with Crippen LogP contribution in [0, 0.1) is 0 Å². The summed E-state index contributed by atoms with van der Waals surface area (Å²) >= 11 is 6.52. The van der Waals surface area contributed by atoms with E-state index in [1.54, 1.807) is 16.7 Å². The summed E-state index contributed by atoms with van der Waals surface area (Å²) < 4.78 is 3.05. The van der Waals surface area contributed by atoms with E-state index in [-0.39, 0.29) is 5.69 Å². The van der Waals surface area contributed by atoms with Crippen LogP contribution >= 0.6 is 31.9 Å². The molecule has 0 fully saturated rings. The van der Waals surface area contributed by atoms with E-state index < -0.39 is 5.97 Å². The molecule has 1 aromatic heterocycles. The minimum Gasteiger partial charge on any atom is -0.477 e. The molecule has 0 aliphatic heterocycles. The first kappa shape index (κ1) is 10.5. The fourth-order valence-corrected chi connectivity index (χ4v) is 1.86. The molecule has 0 aliphatic rings. The van der Waals surface area contributed by atoms with Gasteiger partial charge in [-0.25, -0.2) is 4.79 Å². The lowest BCUT2D eigenvalue weighted by atomic mass is 10.4. The van der Waals surface area contributed by atoms with E-state index in [0.717, 1.165) is 4.47 Å². The molecule has 0 saturated heterocycles. The second kappa shape index (κ2) is 4.11. The molecule has 13 heavy (non-hydrogen) atoms. The minimum absolute atomic E-state index is 0.235. The van der Waals surface area contributed by atoms with Crippen molar-refractivity contribution in [2.24, 2.45) is 0 Å². The quantitative estimate of drug-likeness (QED) is 0.872. The number of carboxylic acid groups (broad SMARTS) is 1. The number of carbonyl (C=O) groups is 1. The number of halogens is 2. The molecular weight excluding hydrogens is 302 g/mol. The molecule has 0 aromatic carbocycles. The molecule has 0 bridgehead atoms. The van der Waals surface area contributed by atoms with Crippen LogP contribution in [0.3, 0.4) is 0 Å². The molecule has 0 unspecified atom stereocenters. The Balaban J connectivity index is 3.25. The summed E-state index contributed by atoms with van der Waals surface area (Å²) in [6.07, 6.45) is 1.64. The SMILES string of the molecule is C=CCn1c(C(=O)O)cc(Br)c1Br. The summed E-state index contributed by atoms with van der Waals surface area (Å²) in [5.41, 5.74) is 0.235. The summed E-state index contributed by atoms with van der Waals surface area (Å²) in [6.45, 7) is 4.02. The lowest BCUT2D eigenvalue weighted by molar-refractivity contribution is 0.0685. The Bertz CT molecular complexity index is 357. The first-order chi connectivity index (χ1) is 6.07. The van der Waals surface area contributed by atoms with Crippen LogP contribution in [0.1, 0.15) is 10.5 Å². The van der Waals surface area contributed by atoms with Gasteiger partial charge >= 0.3 is 5.97 Å². The third-order valence-corrected chi connectivity index (χ3v) is 3.51. The topological polar surface area (TPSA) is 42.2 Å². The Morgan fingerprint density at radius 1 is 1.69 bits per heavy atom. The second-order valence-corrected chi connectivity index (χ2v) is 3.98. The van der Waals surface area contributed by atoms with Gasteiger partial charge in [-0.05, 0) is 37.9 Å². The van der Waals surface area contributed by atoms with E-state index in [1.807, 2.05) is 0 Å². The predicted octanol–water partition coefficient (Wildman–Crippen LogP) is 2.90. The Labute approximate surface area is 92.3 Å². The Kier molecular flexibility index (Phi) is 3.33. The van der Waals surface area contributed by atoms with Gasteiger partial charge in [0.15, 0.2) is 0 Å². The van der Waals surface area contributed by atoms with Gasteiger partial charge in [-0.1, -0.05) is 6.08 Å². The van der Waals surface area contributed by atoms with Crippen molar-refractivity contribution in [2.45, 2.75) is 6.54 Å². The van der Waals surface area contributed by atoms with Crippen LogP contribution in [0.15, 0.2) is 27.8 Å². The van der Waals surface area contributed by atoms with E-state index in [0.29, 0.717) is 11.1 Å². The van der Waals surface area contributed by atoms with Crippen LogP contribution in [0.4, 0.5) is 0 Å². The van der Waals surface area contributed by atoms with Gasteiger partial charge in [-0.2, -0.15) is 0 Å². The van der Waals surface area contributed by atoms with Crippen LogP contribution in [-0.2, 0) is 6.54 Å². The van der Waals surface area contributed by atoms with Crippen LogP contribution in [0.5, 0.6) is 0 Å². The summed E-state index contributed by atoms with van der Waals surface area (Å²) in [6, 6.07) is 1.55. The molecule has 0 aliphatic carbocycles. The van der Waals surface area contributed by atoms with Crippen molar-refractivity contribution in [2.75, 3.05) is 0 Å². The maximum Gasteiger partial charge on any atom is 0.352 e. The molecular formula is C8H7Br2NO2. The van der Waals surface area contributed by atoms with Crippen LogP contribution < -0.4 is 0 Å². The van der Waals surface area contributed by atoms with Crippen molar-refractivity contribution >= 4 is 37.8 Å². The van der Waals surface area contributed by atoms with Gasteiger partial charge in [0, 0.05) is 6.54 Å². The zero-order chi connectivity index (χ0) is 10.0. The van der Waals surface area contributed by atoms with Crippen LogP contribution in [-0.4, -0.2) is 15.6 Å². The van der Waals surface area contributed by atoms with Gasteiger partial charge in [0.2, 0.25) is 0 Å². The van der Waals surface area contributed by atoms with Crippen molar-refractivity contribution in [1.29, 1.82) is 0 Å². The average molecular weight is 309 g/mol. The molecule has 0 spiro atoms. The highest BCUT2D eigenvalue weighted by Crippen LogP contribution is 2.27. The molecule has 0 radical (unpaired) electrons. The van der Waals surface area contributed by atoms with E-state index in [2.05, 4.69) is 38.4 Å². The smallest absolute Gasteiger partial charge is 0.352 e. The molecule has 1 aromatic rings. The molecule has 0 amide bonds. The minimum atomic E-state index is -0.951. The van der Waals surface area contributed by atoms with Crippen molar-refractivity contribution in [3.63, 3.8) is 0 Å². The monoisotopic (exact) mass is 307 g/mol. The van der Waals surface area contributed by atoms with Gasteiger partial charge in [0.05, 0.1) is 9.08 Å². The second-order valence-electron chi connectivity index (χ2n) is 2.37. The number of aromatic nitrogens is 1. The normalized spacial score (nSPS) is 10.0. The summed E-state index contributed by atoms with van der Waals surface area (Å²) in [7, 11) is 0. The highest BCUT2D eigenvalue weighted by molar-refractivity contribution is 9.13. The molecule has 70 valence electrons. The van der Waals surface area contributed by atoms with Crippen molar-refractivity contribution in [3.8, 4) is 0 Å². The molecule has 1 N–H and O–H groups in total. The van der Waals surface area contributed by atoms with Crippen LogP contribution in [0.25, 0.3) is 0 Å². The fourth-order valence-electron chi connectivity index (χ4n) is 0.977. The number of carboxylic acids is 1. The molecule has 0 saturated carbocycles. The first-order valence-electron chi connectivity index (χ1n) is 3.46. The molecule has 1 heterocycles. The van der Waals surface area contributed by atoms with E-state index in [9.17, 15) is 4.79 Å². The van der Waals surface area contributed by atoms with Gasteiger partial charge < -0.3 is 9.67 Å². The molecule has 5 heteroatoms. The molecule has 0 atom stereocenters. The van der Waals surface area contributed by atoms with Crippen molar-refractivity contribution in [3.05, 3.63) is 33.5 Å². The van der Waals surface area contributed by atoms with Crippen LogP contribution in [0.2, 0.25) is 0 Å². The van der Waals surface area contributed by atoms with Gasteiger partial charge in [-0.3, -0.25) is 0 Å². The molecule has 3 nitrogen and oxygen atoms in total. The third kappa shape index (κ3) is 2.03. The number of rotatable bonds is 3. The maximum atomic E-state index is 10.8. The zero-order valence-corrected chi connectivity index (χ0v) is 9.80. The van der Waals surface area contributed by atoms with E-state index in [4.69, 9.17) is 5.11 Å². The Morgan fingerprint density at radius 3 is 2.77 bits per heavy atom. The first-order valence-corrected chi connectivity index (χ1v) is 5.05. The number of hydrogen-bond donors (Lipinski definition) is 1. The van der Waals surface area contributed by atoms with E-state index >= 15 is 0 Å². The predicted molar refractivity (Wildman–Crippen MR) is 57.0 cm³/mol. The lowest BCUT2D eigenvalue weighted by Crippen LogP contribution is -2.07.